The minimum atomic E-state index is 0.550. The van der Waals surface area contributed by atoms with Gasteiger partial charge in [0.15, 0.2) is 0 Å². The molecule has 2 atom stereocenters. The van der Waals surface area contributed by atoms with Crippen LogP contribution in [0.1, 0.15) is 31.4 Å². The van der Waals surface area contributed by atoms with Gasteiger partial charge in [0.2, 0.25) is 0 Å². The van der Waals surface area contributed by atoms with E-state index in [0.717, 1.165) is 43.4 Å². The van der Waals surface area contributed by atoms with Gasteiger partial charge in [0.25, 0.3) is 0 Å². The summed E-state index contributed by atoms with van der Waals surface area (Å²) in [5, 5.41) is 4.43. The van der Waals surface area contributed by atoms with Gasteiger partial charge in [0.1, 0.15) is 5.75 Å². The normalized spacial score (nSPS) is 26.4. The molecule has 0 bridgehead atoms. The minimum Gasteiger partial charge on any atom is -0.493 e. The Morgan fingerprint density at radius 3 is 3.10 bits per heavy atom. The lowest BCUT2D eigenvalue weighted by molar-refractivity contribution is 0.130. The van der Waals surface area contributed by atoms with Crippen molar-refractivity contribution >= 4 is 11.6 Å². The van der Waals surface area contributed by atoms with Crippen LogP contribution < -0.4 is 10.1 Å². The van der Waals surface area contributed by atoms with Gasteiger partial charge in [-0.05, 0) is 31.0 Å². The summed E-state index contributed by atoms with van der Waals surface area (Å²) in [7, 11) is 0. The van der Waals surface area contributed by atoms with Crippen molar-refractivity contribution in [1.29, 1.82) is 0 Å². The molecule has 1 aromatic rings. The average molecular weight is 295 g/mol. The molecule has 4 heteroatoms. The molecular weight excluding hydrogens is 272 g/mol. The predicted molar refractivity (Wildman–Crippen MR) is 82.6 cm³/mol. The smallest absolute Gasteiger partial charge is 0.127 e. The van der Waals surface area contributed by atoms with Gasteiger partial charge in [-0.1, -0.05) is 18.5 Å². The van der Waals surface area contributed by atoms with E-state index in [2.05, 4.69) is 30.1 Å². The van der Waals surface area contributed by atoms with Gasteiger partial charge in [-0.15, -0.1) is 0 Å². The fourth-order valence-electron chi connectivity index (χ4n) is 3.17. The highest BCUT2D eigenvalue weighted by molar-refractivity contribution is 6.30. The minimum absolute atomic E-state index is 0.550. The van der Waals surface area contributed by atoms with Crippen LogP contribution in [0.25, 0.3) is 0 Å². The number of benzene rings is 1. The van der Waals surface area contributed by atoms with Crippen LogP contribution in [0.2, 0.25) is 5.02 Å². The molecule has 0 aromatic heterocycles. The van der Waals surface area contributed by atoms with Gasteiger partial charge in [0.05, 0.1) is 6.61 Å². The van der Waals surface area contributed by atoms with Gasteiger partial charge in [0, 0.05) is 48.7 Å². The van der Waals surface area contributed by atoms with Crippen molar-refractivity contribution in [2.75, 3.05) is 19.7 Å². The Labute approximate surface area is 126 Å². The summed E-state index contributed by atoms with van der Waals surface area (Å²) in [5.41, 5.74) is 2.51. The van der Waals surface area contributed by atoms with Crippen LogP contribution in [-0.4, -0.2) is 36.7 Å². The molecule has 3 nitrogen and oxygen atoms in total. The monoisotopic (exact) mass is 294 g/mol. The van der Waals surface area contributed by atoms with Crippen LogP contribution in [0, 0.1) is 0 Å². The van der Waals surface area contributed by atoms with Crippen LogP contribution in [0.3, 0.4) is 0 Å². The Morgan fingerprint density at radius 2 is 2.30 bits per heavy atom. The Bertz CT molecular complexity index is 492. The van der Waals surface area contributed by atoms with Gasteiger partial charge < -0.3 is 10.1 Å². The van der Waals surface area contributed by atoms with E-state index < -0.39 is 0 Å². The van der Waals surface area contributed by atoms with E-state index in [1.54, 1.807) is 0 Å². The molecule has 0 radical (unpaired) electrons. The fraction of sp³-hybridized carbons (Fsp3) is 0.625. The number of fused-ring (bicyclic) bond motifs is 1. The number of hydrogen-bond donors (Lipinski definition) is 1. The Hall–Kier alpha value is -0.770. The highest BCUT2D eigenvalue weighted by atomic mass is 35.5. The van der Waals surface area contributed by atoms with Crippen molar-refractivity contribution in [3.8, 4) is 5.75 Å². The van der Waals surface area contributed by atoms with E-state index in [9.17, 15) is 0 Å². The topological polar surface area (TPSA) is 24.5 Å². The first-order valence-corrected chi connectivity index (χ1v) is 7.96. The first-order valence-electron chi connectivity index (χ1n) is 7.59. The largest absolute Gasteiger partial charge is 0.493 e. The Kier molecular flexibility index (Phi) is 4.20. The Balaban J connectivity index is 1.80. The lowest BCUT2D eigenvalue weighted by Crippen LogP contribution is -2.54. The van der Waals surface area contributed by atoms with E-state index >= 15 is 0 Å². The molecule has 2 unspecified atom stereocenters. The van der Waals surface area contributed by atoms with Crippen molar-refractivity contribution in [1.82, 2.24) is 10.2 Å². The van der Waals surface area contributed by atoms with Crippen LogP contribution >= 0.6 is 11.6 Å². The highest BCUT2D eigenvalue weighted by Gasteiger charge is 2.26. The molecule has 1 fully saturated rings. The lowest BCUT2D eigenvalue weighted by atomic mass is 10.0. The van der Waals surface area contributed by atoms with Gasteiger partial charge in [-0.2, -0.15) is 0 Å². The number of piperazine rings is 1. The van der Waals surface area contributed by atoms with Crippen molar-refractivity contribution < 1.29 is 4.74 Å². The molecule has 0 spiro atoms. The van der Waals surface area contributed by atoms with Crippen LogP contribution in [0.5, 0.6) is 5.75 Å². The molecule has 1 N–H and O–H groups in total. The lowest BCUT2D eigenvalue weighted by Gasteiger charge is -2.38. The molecule has 3 rings (SSSR count). The first kappa shape index (κ1) is 14.2. The zero-order chi connectivity index (χ0) is 14.1. The van der Waals surface area contributed by atoms with E-state index in [-0.39, 0.29) is 0 Å². The summed E-state index contributed by atoms with van der Waals surface area (Å²) in [5.74, 6) is 1.08. The number of rotatable bonds is 3. The number of ether oxygens (including phenoxy) is 1. The van der Waals surface area contributed by atoms with Crippen molar-refractivity contribution in [3.63, 3.8) is 0 Å². The second-order valence-corrected chi connectivity index (χ2v) is 6.38. The summed E-state index contributed by atoms with van der Waals surface area (Å²) in [6.45, 7) is 8.40. The molecule has 0 aliphatic carbocycles. The predicted octanol–water partition coefficient (Wildman–Crippen LogP) is 2.85. The molecule has 1 saturated heterocycles. The van der Waals surface area contributed by atoms with Crippen LogP contribution in [-0.2, 0) is 13.0 Å². The molecule has 1 aromatic carbocycles. The quantitative estimate of drug-likeness (QED) is 0.928. The van der Waals surface area contributed by atoms with Crippen molar-refractivity contribution in [2.24, 2.45) is 0 Å². The van der Waals surface area contributed by atoms with Crippen molar-refractivity contribution in [2.45, 2.75) is 45.3 Å². The number of nitrogens with one attached hydrogen (secondary N) is 1. The molecule has 0 saturated carbocycles. The molecule has 2 heterocycles. The van der Waals surface area contributed by atoms with E-state index in [1.165, 1.54) is 17.5 Å². The number of halogens is 1. The summed E-state index contributed by atoms with van der Waals surface area (Å²) in [4.78, 5) is 2.54. The maximum atomic E-state index is 6.25. The number of hydrogen-bond acceptors (Lipinski definition) is 3. The zero-order valence-electron chi connectivity index (χ0n) is 12.3. The zero-order valence-corrected chi connectivity index (χ0v) is 13.0. The summed E-state index contributed by atoms with van der Waals surface area (Å²) in [6, 6.07) is 5.26. The van der Waals surface area contributed by atoms with Gasteiger partial charge in [-0.3, -0.25) is 4.90 Å². The third kappa shape index (κ3) is 2.80. The third-order valence-electron chi connectivity index (χ3n) is 4.47. The molecule has 20 heavy (non-hydrogen) atoms. The standard InChI is InChI=1S/C16H23ClN2O/c1-3-15-10-19(11(2)8-18-15)9-13-7-14(17)6-12-4-5-20-16(12)13/h6-7,11,15,18H,3-5,8-10H2,1-2H3. The number of nitrogens with zero attached hydrogens (tertiary/aromatic N) is 1. The Morgan fingerprint density at radius 1 is 1.45 bits per heavy atom. The molecule has 2 aliphatic heterocycles. The fourth-order valence-corrected chi connectivity index (χ4v) is 3.43. The molecule has 2 aliphatic rings. The van der Waals surface area contributed by atoms with E-state index in [1.807, 2.05) is 6.07 Å². The average Bonchev–Trinajstić information content (AvgIpc) is 2.89. The second-order valence-electron chi connectivity index (χ2n) is 5.94. The maximum Gasteiger partial charge on any atom is 0.127 e. The maximum absolute atomic E-state index is 6.25. The molecule has 110 valence electrons. The molecular formula is C16H23ClN2O. The van der Waals surface area contributed by atoms with E-state index in [4.69, 9.17) is 16.3 Å². The van der Waals surface area contributed by atoms with Crippen molar-refractivity contribution in [3.05, 3.63) is 28.3 Å². The van der Waals surface area contributed by atoms with E-state index in [0.29, 0.717) is 12.1 Å². The van der Waals surface area contributed by atoms with Crippen LogP contribution in [0.4, 0.5) is 0 Å². The SMILES string of the molecule is CCC1CN(Cc2cc(Cl)cc3c2OCC3)C(C)CN1. The summed E-state index contributed by atoms with van der Waals surface area (Å²) >= 11 is 6.25. The third-order valence-corrected chi connectivity index (χ3v) is 4.69. The highest BCUT2D eigenvalue weighted by Crippen LogP contribution is 2.34. The first-order chi connectivity index (χ1) is 9.67. The van der Waals surface area contributed by atoms with Crippen LogP contribution in [0.15, 0.2) is 12.1 Å². The van der Waals surface area contributed by atoms with Gasteiger partial charge >= 0.3 is 0 Å². The van der Waals surface area contributed by atoms with Gasteiger partial charge in [-0.25, -0.2) is 0 Å². The summed E-state index contributed by atoms with van der Waals surface area (Å²) in [6.07, 6.45) is 2.16. The summed E-state index contributed by atoms with van der Waals surface area (Å²) < 4.78 is 5.81. The molecule has 0 amide bonds. The second kappa shape index (κ2) is 5.92.